The maximum atomic E-state index is 12.2. The average Bonchev–Trinajstić information content (AvgIpc) is 3.43. The zero-order valence-corrected chi connectivity index (χ0v) is 17.2. The molecule has 0 bridgehead atoms. The summed E-state index contributed by atoms with van der Waals surface area (Å²) < 4.78 is 0. The van der Waals surface area contributed by atoms with Crippen molar-refractivity contribution in [1.29, 1.82) is 0 Å². The van der Waals surface area contributed by atoms with Crippen molar-refractivity contribution < 1.29 is 9.59 Å². The van der Waals surface area contributed by atoms with Gasteiger partial charge in [-0.25, -0.2) is 4.98 Å². The second-order valence-corrected chi connectivity index (χ2v) is 8.26. The highest BCUT2D eigenvalue weighted by Gasteiger charge is 2.11. The molecule has 7 heteroatoms. The summed E-state index contributed by atoms with van der Waals surface area (Å²) in [5.74, 6) is -0.200. The summed E-state index contributed by atoms with van der Waals surface area (Å²) in [5, 5.41) is 12.4. The standard InChI is InChI=1S/C22H19N3O2S2/c26-20(11-4-12-23-21(27)19-10-5-13-28-19)25-22-24-18(14-29-22)17-9-3-7-15-6-1-2-8-16(15)17/h1-3,5-10,13-14H,4,11-12H2,(H,23,27)(H,24,25,26). The molecule has 0 aliphatic rings. The number of carbonyl (C=O) groups excluding carboxylic acids is 2. The lowest BCUT2D eigenvalue weighted by Gasteiger charge is -2.04. The molecule has 2 heterocycles. The Morgan fingerprint density at radius 2 is 1.83 bits per heavy atom. The van der Waals surface area contributed by atoms with Gasteiger partial charge in [0.1, 0.15) is 0 Å². The van der Waals surface area contributed by atoms with Gasteiger partial charge in [-0.05, 0) is 28.6 Å². The first-order valence-electron chi connectivity index (χ1n) is 9.26. The number of nitrogens with zero attached hydrogens (tertiary/aromatic N) is 1. The quantitative estimate of drug-likeness (QED) is 0.404. The topological polar surface area (TPSA) is 71.1 Å². The van der Waals surface area contributed by atoms with Gasteiger partial charge in [-0.3, -0.25) is 9.59 Å². The first-order chi connectivity index (χ1) is 14.2. The number of benzene rings is 2. The average molecular weight is 422 g/mol. The fraction of sp³-hybridized carbons (Fsp3) is 0.136. The van der Waals surface area contributed by atoms with Crippen LogP contribution in [0, 0.1) is 0 Å². The maximum absolute atomic E-state index is 12.2. The number of rotatable bonds is 7. The summed E-state index contributed by atoms with van der Waals surface area (Å²) in [6, 6.07) is 17.9. The number of hydrogen-bond acceptors (Lipinski definition) is 5. The van der Waals surface area contributed by atoms with Gasteiger partial charge >= 0.3 is 0 Å². The van der Waals surface area contributed by atoms with Crippen molar-refractivity contribution in [3.05, 3.63) is 70.2 Å². The highest BCUT2D eigenvalue weighted by molar-refractivity contribution is 7.14. The minimum atomic E-state index is -0.103. The van der Waals surface area contributed by atoms with E-state index in [9.17, 15) is 9.59 Å². The van der Waals surface area contributed by atoms with Crippen molar-refractivity contribution in [1.82, 2.24) is 10.3 Å². The molecule has 4 aromatic rings. The van der Waals surface area contributed by atoms with Crippen LogP contribution in [0.4, 0.5) is 5.13 Å². The van der Waals surface area contributed by atoms with Crippen LogP contribution in [0.15, 0.2) is 65.4 Å². The summed E-state index contributed by atoms with van der Waals surface area (Å²) in [6.07, 6.45) is 0.901. The van der Waals surface area contributed by atoms with Gasteiger partial charge in [0.05, 0.1) is 10.6 Å². The first kappa shape index (κ1) is 19.3. The summed E-state index contributed by atoms with van der Waals surface area (Å²) in [5.41, 5.74) is 1.90. The molecule has 0 atom stereocenters. The Morgan fingerprint density at radius 1 is 0.966 bits per heavy atom. The van der Waals surface area contributed by atoms with Crippen molar-refractivity contribution >= 4 is 50.4 Å². The molecule has 2 amide bonds. The van der Waals surface area contributed by atoms with Crippen LogP contribution in [-0.4, -0.2) is 23.3 Å². The molecule has 0 unspecified atom stereocenters. The monoisotopic (exact) mass is 421 g/mol. The number of fused-ring (bicyclic) bond motifs is 1. The van der Waals surface area contributed by atoms with Crippen LogP contribution < -0.4 is 10.6 Å². The number of thiazole rings is 1. The summed E-state index contributed by atoms with van der Waals surface area (Å²) >= 11 is 2.81. The van der Waals surface area contributed by atoms with Crippen molar-refractivity contribution in [2.75, 3.05) is 11.9 Å². The Labute approximate surface area is 176 Å². The van der Waals surface area contributed by atoms with Gasteiger partial charge in [0, 0.05) is 23.9 Å². The van der Waals surface area contributed by atoms with E-state index in [0.29, 0.717) is 29.4 Å². The van der Waals surface area contributed by atoms with Crippen LogP contribution in [0.1, 0.15) is 22.5 Å². The number of amides is 2. The van der Waals surface area contributed by atoms with Crippen LogP contribution in [0.2, 0.25) is 0 Å². The molecule has 2 N–H and O–H groups in total. The van der Waals surface area contributed by atoms with Gasteiger partial charge in [-0.15, -0.1) is 22.7 Å². The van der Waals surface area contributed by atoms with Crippen LogP contribution in [0.3, 0.4) is 0 Å². The Morgan fingerprint density at radius 3 is 2.69 bits per heavy atom. The van der Waals surface area contributed by atoms with E-state index < -0.39 is 0 Å². The van der Waals surface area contributed by atoms with Crippen molar-refractivity contribution in [2.24, 2.45) is 0 Å². The SMILES string of the molecule is O=C(CCCNC(=O)c1cccs1)Nc1nc(-c2cccc3ccccc23)cs1. The van der Waals surface area contributed by atoms with Crippen LogP contribution in [0.25, 0.3) is 22.0 Å². The third-order valence-electron chi connectivity index (χ3n) is 4.43. The normalized spacial score (nSPS) is 10.8. The maximum Gasteiger partial charge on any atom is 0.261 e. The molecule has 0 aliphatic heterocycles. The van der Waals surface area contributed by atoms with E-state index in [1.54, 1.807) is 6.07 Å². The molecule has 4 rings (SSSR count). The van der Waals surface area contributed by atoms with Crippen LogP contribution in [-0.2, 0) is 4.79 Å². The lowest BCUT2D eigenvalue weighted by atomic mass is 10.0. The van der Waals surface area contributed by atoms with Gasteiger partial charge < -0.3 is 10.6 Å². The molecule has 0 saturated carbocycles. The molecular weight excluding hydrogens is 402 g/mol. The predicted octanol–water partition coefficient (Wildman–Crippen LogP) is 5.17. The molecule has 146 valence electrons. The summed E-state index contributed by atoms with van der Waals surface area (Å²) in [6.45, 7) is 0.462. The van der Waals surface area contributed by atoms with Gasteiger partial charge in [-0.2, -0.15) is 0 Å². The van der Waals surface area contributed by atoms with Crippen LogP contribution >= 0.6 is 22.7 Å². The molecule has 2 aromatic carbocycles. The second kappa shape index (κ2) is 8.98. The van der Waals surface area contributed by atoms with E-state index >= 15 is 0 Å². The minimum Gasteiger partial charge on any atom is -0.351 e. The summed E-state index contributed by atoms with van der Waals surface area (Å²) in [7, 11) is 0. The smallest absolute Gasteiger partial charge is 0.261 e. The molecule has 0 aliphatic carbocycles. The third kappa shape index (κ3) is 4.70. The lowest BCUT2D eigenvalue weighted by Crippen LogP contribution is -2.24. The Hall–Kier alpha value is -3.03. The zero-order valence-electron chi connectivity index (χ0n) is 15.6. The van der Waals surface area contributed by atoms with Crippen molar-refractivity contribution in [3.8, 4) is 11.3 Å². The summed E-state index contributed by atoms with van der Waals surface area (Å²) in [4.78, 5) is 29.3. The van der Waals surface area contributed by atoms with Gasteiger partial charge in [-0.1, -0.05) is 48.5 Å². The highest BCUT2D eigenvalue weighted by Crippen LogP contribution is 2.30. The predicted molar refractivity (Wildman–Crippen MR) is 120 cm³/mol. The number of hydrogen-bond donors (Lipinski definition) is 2. The van der Waals surface area contributed by atoms with Crippen LogP contribution in [0.5, 0.6) is 0 Å². The molecule has 29 heavy (non-hydrogen) atoms. The van der Waals surface area contributed by atoms with E-state index in [-0.39, 0.29) is 11.8 Å². The minimum absolute atomic E-state index is 0.0972. The molecule has 0 saturated heterocycles. The van der Waals surface area contributed by atoms with Crippen molar-refractivity contribution in [2.45, 2.75) is 12.8 Å². The number of aromatic nitrogens is 1. The van der Waals surface area contributed by atoms with E-state index in [4.69, 9.17) is 0 Å². The molecule has 2 aromatic heterocycles. The number of nitrogens with one attached hydrogen (secondary N) is 2. The Kier molecular flexibility index (Phi) is 5.97. The molecule has 5 nitrogen and oxygen atoms in total. The Bertz CT molecular complexity index is 1130. The van der Waals surface area contributed by atoms with E-state index in [1.807, 2.05) is 41.1 Å². The fourth-order valence-electron chi connectivity index (χ4n) is 3.03. The fourth-order valence-corrected chi connectivity index (χ4v) is 4.40. The lowest BCUT2D eigenvalue weighted by molar-refractivity contribution is -0.116. The second-order valence-electron chi connectivity index (χ2n) is 6.45. The number of anilines is 1. The molecule has 0 spiro atoms. The van der Waals surface area contributed by atoms with Gasteiger partial charge in [0.25, 0.3) is 5.91 Å². The molecule has 0 radical (unpaired) electrons. The zero-order chi connectivity index (χ0) is 20.1. The van der Waals surface area contributed by atoms with Crippen molar-refractivity contribution in [3.63, 3.8) is 0 Å². The molecule has 0 fully saturated rings. The molecular formula is C22H19N3O2S2. The van der Waals surface area contributed by atoms with Gasteiger partial charge in [0.15, 0.2) is 5.13 Å². The van der Waals surface area contributed by atoms with E-state index in [2.05, 4.69) is 33.8 Å². The van der Waals surface area contributed by atoms with E-state index in [1.165, 1.54) is 22.7 Å². The number of carbonyl (C=O) groups is 2. The number of thiophene rings is 1. The first-order valence-corrected chi connectivity index (χ1v) is 11.0. The largest absolute Gasteiger partial charge is 0.351 e. The van der Waals surface area contributed by atoms with E-state index in [0.717, 1.165) is 22.0 Å². The highest BCUT2D eigenvalue weighted by atomic mass is 32.1. The Balaban J connectivity index is 1.31. The van der Waals surface area contributed by atoms with Gasteiger partial charge in [0.2, 0.25) is 5.91 Å². The third-order valence-corrected chi connectivity index (χ3v) is 6.05.